The van der Waals surface area contributed by atoms with Gasteiger partial charge in [-0.3, -0.25) is 10.1 Å². The maximum atomic E-state index is 11.6. The van der Waals surface area contributed by atoms with Crippen LogP contribution in [0.15, 0.2) is 48.8 Å². The molecule has 3 rings (SSSR count). The van der Waals surface area contributed by atoms with E-state index in [0.29, 0.717) is 23.7 Å². The number of amides is 3. The molecule has 3 aromatic rings. The molecule has 0 aliphatic heterocycles. The molecule has 0 saturated heterocycles. The number of rotatable bonds is 5. The van der Waals surface area contributed by atoms with Crippen LogP contribution in [0.5, 0.6) is 0 Å². The standard InChI is InChI=1S/C18H18N6O2/c1-2-20-18(26)24-16-8-11-4-3-5-14(13(11)10-22-16)23-15-7-6-12(9-21-15)17(19)25/h3-10H,2H2,1H3,(H2,19,25)(H,21,23)(H2,20,22,24,26). The number of pyridine rings is 2. The first-order chi connectivity index (χ1) is 12.6. The highest BCUT2D eigenvalue weighted by molar-refractivity contribution is 5.98. The van der Waals surface area contributed by atoms with Crippen molar-refractivity contribution in [2.45, 2.75) is 6.92 Å². The summed E-state index contributed by atoms with van der Waals surface area (Å²) in [6.45, 7) is 2.38. The van der Waals surface area contributed by atoms with Crippen molar-refractivity contribution in [2.24, 2.45) is 5.73 Å². The zero-order valence-corrected chi connectivity index (χ0v) is 14.1. The van der Waals surface area contributed by atoms with Crippen LogP contribution in [0.4, 0.5) is 22.1 Å². The highest BCUT2D eigenvalue weighted by Gasteiger charge is 2.07. The van der Waals surface area contributed by atoms with Crippen LogP contribution in [-0.2, 0) is 0 Å². The van der Waals surface area contributed by atoms with Gasteiger partial charge in [0.2, 0.25) is 5.91 Å². The van der Waals surface area contributed by atoms with E-state index >= 15 is 0 Å². The number of carbonyl (C=O) groups is 2. The van der Waals surface area contributed by atoms with E-state index < -0.39 is 5.91 Å². The Bertz CT molecular complexity index is 956. The quantitative estimate of drug-likeness (QED) is 0.563. The van der Waals surface area contributed by atoms with Gasteiger partial charge in [0.15, 0.2) is 0 Å². The zero-order valence-electron chi connectivity index (χ0n) is 14.1. The number of hydrogen-bond donors (Lipinski definition) is 4. The number of nitrogens with zero attached hydrogens (tertiary/aromatic N) is 2. The van der Waals surface area contributed by atoms with Gasteiger partial charge in [-0.05, 0) is 36.6 Å². The van der Waals surface area contributed by atoms with E-state index in [0.717, 1.165) is 16.5 Å². The summed E-state index contributed by atoms with van der Waals surface area (Å²) in [5, 5.41) is 10.3. The first kappa shape index (κ1) is 17.2. The third-order valence-electron chi connectivity index (χ3n) is 3.65. The Morgan fingerprint density at radius 1 is 1.08 bits per heavy atom. The molecule has 2 heterocycles. The van der Waals surface area contributed by atoms with Gasteiger partial charge in [0.25, 0.3) is 0 Å². The van der Waals surface area contributed by atoms with Crippen molar-refractivity contribution in [1.82, 2.24) is 15.3 Å². The van der Waals surface area contributed by atoms with Gasteiger partial charge >= 0.3 is 6.03 Å². The highest BCUT2D eigenvalue weighted by Crippen LogP contribution is 2.26. The Balaban J connectivity index is 1.85. The van der Waals surface area contributed by atoms with Crippen LogP contribution in [0, 0.1) is 0 Å². The molecule has 0 fully saturated rings. The second-order valence-corrected chi connectivity index (χ2v) is 5.50. The molecule has 0 saturated carbocycles. The predicted molar refractivity (Wildman–Crippen MR) is 100 cm³/mol. The number of nitrogens with one attached hydrogen (secondary N) is 3. The lowest BCUT2D eigenvalue weighted by molar-refractivity contribution is 0.1000. The Kier molecular flexibility index (Phi) is 4.93. The Morgan fingerprint density at radius 3 is 2.58 bits per heavy atom. The van der Waals surface area contributed by atoms with Crippen LogP contribution in [0.3, 0.4) is 0 Å². The fraction of sp³-hybridized carbons (Fsp3) is 0.111. The summed E-state index contributed by atoms with van der Waals surface area (Å²) in [5.41, 5.74) is 6.36. The molecular weight excluding hydrogens is 332 g/mol. The molecule has 8 heteroatoms. The number of primary amides is 1. The summed E-state index contributed by atoms with van der Waals surface area (Å²) >= 11 is 0. The van der Waals surface area contributed by atoms with Crippen LogP contribution >= 0.6 is 0 Å². The first-order valence-electron chi connectivity index (χ1n) is 8.03. The second kappa shape index (κ2) is 7.47. The number of hydrogen-bond acceptors (Lipinski definition) is 5. The third-order valence-corrected chi connectivity index (χ3v) is 3.65. The van der Waals surface area contributed by atoms with Crippen LogP contribution in [0.2, 0.25) is 0 Å². The van der Waals surface area contributed by atoms with Crippen molar-refractivity contribution in [3.05, 3.63) is 54.4 Å². The van der Waals surface area contributed by atoms with Gasteiger partial charge < -0.3 is 16.4 Å². The van der Waals surface area contributed by atoms with Gasteiger partial charge in [0.1, 0.15) is 11.6 Å². The van der Waals surface area contributed by atoms with E-state index in [1.54, 1.807) is 24.4 Å². The van der Waals surface area contributed by atoms with E-state index in [2.05, 4.69) is 25.9 Å². The van der Waals surface area contributed by atoms with Gasteiger partial charge in [-0.1, -0.05) is 12.1 Å². The topological polar surface area (TPSA) is 122 Å². The minimum atomic E-state index is -0.523. The molecule has 0 aliphatic rings. The van der Waals surface area contributed by atoms with Crippen molar-refractivity contribution in [3.63, 3.8) is 0 Å². The summed E-state index contributed by atoms with van der Waals surface area (Å²) in [4.78, 5) is 31.2. The maximum Gasteiger partial charge on any atom is 0.320 e. The minimum absolute atomic E-state index is 0.299. The number of fused-ring (bicyclic) bond motifs is 1. The van der Waals surface area contributed by atoms with Crippen LogP contribution in [0.1, 0.15) is 17.3 Å². The van der Waals surface area contributed by atoms with Crippen LogP contribution in [-0.4, -0.2) is 28.5 Å². The minimum Gasteiger partial charge on any atom is -0.366 e. The summed E-state index contributed by atoms with van der Waals surface area (Å²) in [6.07, 6.45) is 3.10. The molecule has 0 aliphatic carbocycles. The van der Waals surface area contributed by atoms with E-state index in [9.17, 15) is 9.59 Å². The molecule has 8 nitrogen and oxygen atoms in total. The van der Waals surface area contributed by atoms with Gasteiger partial charge in [0, 0.05) is 30.0 Å². The van der Waals surface area contributed by atoms with Gasteiger partial charge in [-0.25, -0.2) is 14.8 Å². The number of anilines is 3. The van der Waals surface area contributed by atoms with E-state index in [-0.39, 0.29) is 6.03 Å². The van der Waals surface area contributed by atoms with Gasteiger partial charge in [0.05, 0.1) is 5.56 Å². The zero-order chi connectivity index (χ0) is 18.5. The number of aromatic nitrogens is 2. The smallest absolute Gasteiger partial charge is 0.320 e. The van der Waals surface area contributed by atoms with Gasteiger partial charge in [-0.15, -0.1) is 0 Å². The highest BCUT2D eigenvalue weighted by atomic mass is 16.2. The average molecular weight is 350 g/mol. The van der Waals surface area contributed by atoms with E-state index in [1.165, 1.54) is 6.20 Å². The molecule has 0 radical (unpaired) electrons. The lowest BCUT2D eigenvalue weighted by Gasteiger charge is -2.11. The third kappa shape index (κ3) is 3.86. The molecule has 1 aromatic carbocycles. The molecule has 0 bridgehead atoms. The number of benzene rings is 1. The van der Waals surface area contributed by atoms with Crippen molar-refractivity contribution >= 4 is 40.0 Å². The average Bonchev–Trinajstić information content (AvgIpc) is 2.62. The monoisotopic (exact) mass is 350 g/mol. The molecule has 2 aromatic heterocycles. The fourth-order valence-corrected chi connectivity index (χ4v) is 2.42. The molecule has 5 N–H and O–H groups in total. The SMILES string of the molecule is CCNC(=O)Nc1cc2cccc(Nc3ccc(C(N)=O)cn3)c2cn1. The van der Waals surface area contributed by atoms with Crippen molar-refractivity contribution in [2.75, 3.05) is 17.2 Å². The Morgan fingerprint density at radius 2 is 1.88 bits per heavy atom. The number of carbonyl (C=O) groups excluding carboxylic acids is 2. The number of nitrogens with two attached hydrogens (primary N) is 1. The summed E-state index contributed by atoms with van der Waals surface area (Å²) in [5.74, 6) is 0.516. The van der Waals surface area contributed by atoms with E-state index in [1.807, 2.05) is 25.1 Å². The van der Waals surface area contributed by atoms with Crippen LogP contribution < -0.4 is 21.7 Å². The lowest BCUT2D eigenvalue weighted by atomic mass is 10.1. The molecule has 0 spiro atoms. The molecule has 3 amide bonds. The van der Waals surface area contributed by atoms with Crippen molar-refractivity contribution < 1.29 is 9.59 Å². The number of urea groups is 1. The molecule has 0 atom stereocenters. The van der Waals surface area contributed by atoms with E-state index in [4.69, 9.17) is 5.73 Å². The maximum absolute atomic E-state index is 11.6. The van der Waals surface area contributed by atoms with Crippen molar-refractivity contribution in [3.8, 4) is 0 Å². The lowest BCUT2D eigenvalue weighted by Crippen LogP contribution is -2.28. The normalized spacial score (nSPS) is 10.3. The summed E-state index contributed by atoms with van der Waals surface area (Å²) in [6, 6.07) is 10.5. The summed E-state index contributed by atoms with van der Waals surface area (Å²) in [7, 11) is 0. The van der Waals surface area contributed by atoms with Gasteiger partial charge in [-0.2, -0.15) is 0 Å². The second-order valence-electron chi connectivity index (χ2n) is 5.50. The summed E-state index contributed by atoms with van der Waals surface area (Å²) < 4.78 is 0. The Labute approximate surface area is 149 Å². The first-order valence-corrected chi connectivity index (χ1v) is 8.03. The largest absolute Gasteiger partial charge is 0.366 e. The van der Waals surface area contributed by atoms with Crippen molar-refractivity contribution in [1.29, 1.82) is 0 Å². The Hall–Kier alpha value is -3.68. The predicted octanol–water partition coefficient (Wildman–Crippen LogP) is 2.61. The fourth-order valence-electron chi connectivity index (χ4n) is 2.42. The molecular formula is C18H18N6O2. The molecule has 132 valence electrons. The molecule has 26 heavy (non-hydrogen) atoms. The molecule has 0 unspecified atom stereocenters. The van der Waals surface area contributed by atoms with Crippen LogP contribution in [0.25, 0.3) is 10.8 Å².